The molecule has 0 amide bonds. The van der Waals surface area contributed by atoms with Crippen LogP contribution in [0.4, 0.5) is 0 Å². The van der Waals surface area contributed by atoms with Gasteiger partial charge in [-0.15, -0.1) is 0 Å². The van der Waals surface area contributed by atoms with Crippen LogP contribution in [0.3, 0.4) is 0 Å². The Hall–Kier alpha value is -0.340. The van der Waals surface area contributed by atoms with E-state index < -0.39 is 0 Å². The average molecular weight is 210 g/mol. The SMILES string of the molecule is CCCC1CN(CC=C(C)C)CCCN1. The summed E-state index contributed by atoms with van der Waals surface area (Å²) in [5, 5.41) is 3.64. The molecule has 15 heavy (non-hydrogen) atoms. The molecule has 0 aromatic rings. The van der Waals surface area contributed by atoms with Crippen LogP contribution in [0.1, 0.15) is 40.0 Å². The molecule has 1 atom stereocenters. The lowest BCUT2D eigenvalue weighted by atomic mass is 10.1. The zero-order valence-corrected chi connectivity index (χ0v) is 10.6. The third-order valence-corrected chi connectivity index (χ3v) is 2.96. The summed E-state index contributed by atoms with van der Waals surface area (Å²) in [6, 6.07) is 0.711. The number of hydrogen-bond acceptors (Lipinski definition) is 2. The zero-order chi connectivity index (χ0) is 11.1. The molecular formula is C13H26N2. The topological polar surface area (TPSA) is 15.3 Å². The number of nitrogens with one attached hydrogen (secondary N) is 1. The minimum absolute atomic E-state index is 0.711. The van der Waals surface area contributed by atoms with Gasteiger partial charge >= 0.3 is 0 Å². The Balaban J connectivity index is 2.38. The van der Waals surface area contributed by atoms with E-state index in [0.717, 1.165) is 6.54 Å². The molecule has 0 aromatic heterocycles. The zero-order valence-electron chi connectivity index (χ0n) is 10.6. The molecule has 1 fully saturated rings. The highest BCUT2D eigenvalue weighted by Gasteiger charge is 2.15. The van der Waals surface area contributed by atoms with E-state index in [1.807, 2.05) is 0 Å². The lowest BCUT2D eigenvalue weighted by Crippen LogP contribution is -2.37. The van der Waals surface area contributed by atoms with Gasteiger partial charge in [-0.2, -0.15) is 0 Å². The lowest BCUT2D eigenvalue weighted by Gasteiger charge is -2.23. The molecule has 1 unspecified atom stereocenters. The first-order valence-electron chi connectivity index (χ1n) is 6.31. The van der Waals surface area contributed by atoms with E-state index in [4.69, 9.17) is 0 Å². The van der Waals surface area contributed by atoms with Crippen molar-refractivity contribution in [2.75, 3.05) is 26.2 Å². The van der Waals surface area contributed by atoms with Crippen LogP contribution in [0.15, 0.2) is 11.6 Å². The van der Waals surface area contributed by atoms with Gasteiger partial charge in [0.1, 0.15) is 0 Å². The molecule has 0 bridgehead atoms. The van der Waals surface area contributed by atoms with Crippen LogP contribution < -0.4 is 5.32 Å². The van der Waals surface area contributed by atoms with Crippen LogP contribution >= 0.6 is 0 Å². The van der Waals surface area contributed by atoms with Crippen molar-refractivity contribution in [1.29, 1.82) is 0 Å². The summed E-state index contributed by atoms with van der Waals surface area (Å²) in [5.41, 5.74) is 1.43. The maximum Gasteiger partial charge on any atom is 0.0195 e. The second-order valence-corrected chi connectivity index (χ2v) is 4.83. The van der Waals surface area contributed by atoms with Gasteiger partial charge < -0.3 is 5.32 Å². The van der Waals surface area contributed by atoms with Crippen molar-refractivity contribution in [2.45, 2.75) is 46.1 Å². The molecule has 1 saturated heterocycles. The Morgan fingerprint density at radius 3 is 2.93 bits per heavy atom. The first kappa shape index (κ1) is 12.7. The van der Waals surface area contributed by atoms with Crippen LogP contribution in [0.5, 0.6) is 0 Å². The Labute approximate surface area is 94.7 Å². The van der Waals surface area contributed by atoms with Crippen molar-refractivity contribution in [3.05, 3.63) is 11.6 Å². The predicted molar refractivity (Wildman–Crippen MR) is 67.2 cm³/mol. The van der Waals surface area contributed by atoms with E-state index in [1.54, 1.807) is 0 Å². The molecule has 1 aliphatic heterocycles. The molecule has 0 spiro atoms. The first-order chi connectivity index (χ1) is 7.22. The molecule has 1 N–H and O–H groups in total. The second-order valence-electron chi connectivity index (χ2n) is 4.83. The van der Waals surface area contributed by atoms with Crippen molar-refractivity contribution in [3.63, 3.8) is 0 Å². The van der Waals surface area contributed by atoms with E-state index in [9.17, 15) is 0 Å². The number of hydrogen-bond donors (Lipinski definition) is 1. The fraction of sp³-hybridized carbons (Fsp3) is 0.846. The van der Waals surface area contributed by atoms with Crippen LogP contribution in [-0.2, 0) is 0 Å². The molecule has 1 heterocycles. The number of rotatable bonds is 4. The van der Waals surface area contributed by atoms with Gasteiger partial charge in [0.25, 0.3) is 0 Å². The minimum Gasteiger partial charge on any atom is -0.313 e. The summed E-state index contributed by atoms with van der Waals surface area (Å²) >= 11 is 0. The molecule has 0 aromatic carbocycles. The normalized spacial score (nSPS) is 23.5. The quantitative estimate of drug-likeness (QED) is 0.717. The largest absolute Gasteiger partial charge is 0.313 e. The molecule has 0 saturated carbocycles. The Morgan fingerprint density at radius 1 is 1.47 bits per heavy atom. The Morgan fingerprint density at radius 2 is 2.27 bits per heavy atom. The van der Waals surface area contributed by atoms with Crippen molar-refractivity contribution in [3.8, 4) is 0 Å². The number of nitrogens with zero attached hydrogens (tertiary/aromatic N) is 1. The van der Waals surface area contributed by atoms with Crippen LogP contribution in [0, 0.1) is 0 Å². The van der Waals surface area contributed by atoms with E-state index in [2.05, 4.69) is 37.1 Å². The Kier molecular flexibility index (Phi) is 5.96. The second kappa shape index (κ2) is 7.02. The smallest absolute Gasteiger partial charge is 0.0195 e. The molecule has 1 aliphatic rings. The molecule has 0 aliphatic carbocycles. The van der Waals surface area contributed by atoms with Gasteiger partial charge in [-0.05, 0) is 39.8 Å². The summed E-state index contributed by atoms with van der Waals surface area (Å²) in [6.07, 6.45) is 6.23. The minimum atomic E-state index is 0.711. The van der Waals surface area contributed by atoms with E-state index in [0.29, 0.717) is 6.04 Å². The summed E-state index contributed by atoms with van der Waals surface area (Å²) in [5.74, 6) is 0. The van der Waals surface area contributed by atoms with Crippen LogP contribution in [0.25, 0.3) is 0 Å². The first-order valence-corrected chi connectivity index (χ1v) is 6.31. The molecule has 1 rings (SSSR count). The van der Waals surface area contributed by atoms with Gasteiger partial charge in [-0.3, -0.25) is 4.90 Å². The monoisotopic (exact) mass is 210 g/mol. The molecule has 88 valence electrons. The molecule has 2 heteroatoms. The van der Waals surface area contributed by atoms with Crippen molar-refractivity contribution in [2.24, 2.45) is 0 Å². The lowest BCUT2D eigenvalue weighted by molar-refractivity contribution is 0.288. The maximum absolute atomic E-state index is 3.64. The van der Waals surface area contributed by atoms with Crippen molar-refractivity contribution < 1.29 is 0 Å². The van der Waals surface area contributed by atoms with E-state index in [1.165, 1.54) is 44.5 Å². The van der Waals surface area contributed by atoms with Gasteiger partial charge in [0.15, 0.2) is 0 Å². The summed E-state index contributed by atoms with van der Waals surface area (Å²) in [4.78, 5) is 2.58. The number of allylic oxidation sites excluding steroid dienone is 1. The van der Waals surface area contributed by atoms with Gasteiger partial charge in [0.2, 0.25) is 0 Å². The standard InChI is InChI=1S/C13H26N2/c1-4-6-13-11-15(9-5-8-14-13)10-7-12(2)3/h7,13-14H,4-6,8-11H2,1-3H3. The molecule has 0 radical (unpaired) electrons. The van der Waals surface area contributed by atoms with E-state index in [-0.39, 0.29) is 0 Å². The average Bonchev–Trinajstić information content (AvgIpc) is 2.41. The fourth-order valence-electron chi connectivity index (χ4n) is 2.10. The van der Waals surface area contributed by atoms with Crippen molar-refractivity contribution >= 4 is 0 Å². The third kappa shape index (κ3) is 5.33. The van der Waals surface area contributed by atoms with Gasteiger partial charge in [0.05, 0.1) is 0 Å². The highest BCUT2D eigenvalue weighted by Crippen LogP contribution is 2.06. The fourth-order valence-corrected chi connectivity index (χ4v) is 2.10. The van der Waals surface area contributed by atoms with Crippen LogP contribution in [-0.4, -0.2) is 37.1 Å². The van der Waals surface area contributed by atoms with E-state index >= 15 is 0 Å². The predicted octanol–water partition coefficient (Wildman–Crippen LogP) is 2.42. The van der Waals surface area contributed by atoms with Gasteiger partial charge in [-0.1, -0.05) is 25.0 Å². The summed E-state index contributed by atoms with van der Waals surface area (Å²) < 4.78 is 0. The maximum atomic E-state index is 3.64. The van der Waals surface area contributed by atoms with Crippen molar-refractivity contribution in [1.82, 2.24) is 10.2 Å². The van der Waals surface area contributed by atoms with Crippen LogP contribution in [0.2, 0.25) is 0 Å². The Bertz CT molecular complexity index is 195. The van der Waals surface area contributed by atoms with Gasteiger partial charge in [-0.25, -0.2) is 0 Å². The molecular weight excluding hydrogens is 184 g/mol. The highest BCUT2D eigenvalue weighted by molar-refractivity contribution is 4.95. The third-order valence-electron chi connectivity index (χ3n) is 2.96. The van der Waals surface area contributed by atoms with Gasteiger partial charge in [0, 0.05) is 19.1 Å². The highest BCUT2D eigenvalue weighted by atomic mass is 15.2. The molecule has 2 nitrogen and oxygen atoms in total. The summed E-state index contributed by atoms with van der Waals surface area (Å²) in [6.45, 7) is 11.4. The summed E-state index contributed by atoms with van der Waals surface area (Å²) in [7, 11) is 0.